The van der Waals surface area contributed by atoms with Gasteiger partial charge in [-0.1, -0.05) is 29.8 Å². The van der Waals surface area contributed by atoms with E-state index < -0.39 is 0 Å². The maximum atomic E-state index is 13.1. The molecule has 28 heavy (non-hydrogen) atoms. The molecule has 1 amide bonds. The van der Waals surface area contributed by atoms with Crippen LogP contribution in [0.5, 0.6) is 5.75 Å². The minimum absolute atomic E-state index is 0.0802. The van der Waals surface area contributed by atoms with Gasteiger partial charge in [0.1, 0.15) is 23.6 Å². The highest BCUT2D eigenvalue weighted by molar-refractivity contribution is 6.32. The van der Waals surface area contributed by atoms with Crippen molar-refractivity contribution in [3.8, 4) is 5.75 Å². The van der Waals surface area contributed by atoms with Gasteiger partial charge in [-0.05, 0) is 43.2 Å². The Morgan fingerprint density at radius 2 is 2.04 bits per heavy atom. The largest absolute Gasteiger partial charge is 0.495 e. The summed E-state index contributed by atoms with van der Waals surface area (Å²) in [5.74, 6) is 0.961. The number of nitrogens with one attached hydrogen (secondary N) is 1. The van der Waals surface area contributed by atoms with E-state index in [0.29, 0.717) is 22.3 Å². The fraction of sp³-hybridized carbons (Fsp3) is 0.190. The maximum absolute atomic E-state index is 13.1. The zero-order chi connectivity index (χ0) is 19.7. The minimum Gasteiger partial charge on any atom is -0.495 e. The monoisotopic (exact) mass is 394 g/mol. The Balaban J connectivity index is 1.59. The summed E-state index contributed by atoms with van der Waals surface area (Å²) in [6.45, 7) is 2.04. The lowest BCUT2D eigenvalue weighted by atomic mass is 10.1. The summed E-state index contributed by atoms with van der Waals surface area (Å²) in [6.07, 6.45) is 2.22. The van der Waals surface area contributed by atoms with Crippen LogP contribution >= 0.6 is 11.6 Å². The fourth-order valence-electron chi connectivity index (χ4n) is 3.43. The molecule has 2 heterocycles. The number of methoxy groups -OCH3 is 1. The van der Waals surface area contributed by atoms with Crippen molar-refractivity contribution in [3.63, 3.8) is 0 Å². The fourth-order valence-corrected chi connectivity index (χ4v) is 3.69. The number of carbonyl (C=O) groups excluding carboxylic acids is 1. The molecule has 0 saturated carbocycles. The number of para-hydroxylation sites is 1. The number of benzene rings is 2. The quantitative estimate of drug-likeness (QED) is 0.707. The van der Waals surface area contributed by atoms with Crippen molar-refractivity contribution >= 4 is 34.7 Å². The second-order valence-electron chi connectivity index (χ2n) is 6.62. The highest BCUT2D eigenvalue weighted by atomic mass is 35.5. The van der Waals surface area contributed by atoms with E-state index in [9.17, 15) is 4.79 Å². The van der Waals surface area contributed by atoms with Gasteiger partial charge in [0.05, 0.1) is 12.1 Å². The third-order valence-corrected chi connectivity index (χ3v) is 5.03. The van der Waals surface area contributed by atoms with Crippen LogP contribution in [0.4, 0.5) is 17.2 Å². The topological polar surface area (TPSA) is 67.3 Å². The standard InChI is InChI=1S/C21H19ClN4O2/c1-13-9-14-5-3-4-6-18(14)26(13)21(27)17-11-20(24-12-23-17)25-15-7-8-19(28-2)16(22)10-15/h3-8,10-13H,9H2,1-2H3,(H,23,24,25). The zero-order valence-corrected chi connectivity index (χ0v) is 16.3. The van der Waals surface area contributed by atoms with E-state index in [0.717, 1.165) is 17.8 Å². The molecule has 1 unspecified atom stereocenters. The molecule has 2 aromatic carbocycles. The van der Waals surface area contributed by atoms with Crippen LogP contribution in [0.1, 0.15) is 23.0 Å². The van der Waals surface area contributed by atoms with Crippen molar-refractivity contribution in [3.05, 3.63) is 71.1 Å². The van der Waals surface area contributed by atoms with Crippen LogP contribution in [-0.2, 0) is 6.42 Å². The predicted octanol–water partition coefficient (Wildman–Crippen LogP) is 4.47. The predicted molar refractivity (Wildman–Crippen MR) is 110 cm³/mol. The average molecular weight is 395 g/mol. The van der Waals surface area contributed by atoms with Gasteiger partial charge in [0.2, 0.25) is 0 Å². The van der Waals surface area contributed by atoms with Crippen LogP contribution in [0.25, 0.3) is 0 Å². The molecule has 4 rings (SSSR count). The second kappa shape index (κ2) is 7.48. The second-order valence-corrected chi connectivity index (χ2v) is 7.03. The van der Waals surface area contributed by atoms with Crippen LogP contribution < -0.4 is 15.0 Å². The molecule has 6 nitrogen and oxygen atoms in total. The number of amides is 1. The van der Waals surface area contributed by atoms with Crippen LogP contribution in [0.2, 0.25) is 5.02 Å². The van der Waals surface area contributed by atoms with E-state index in [-0.39, 0.29) is 11.9 Å². The number of anilines is 3. The number of ether oxygens (including phenoxy) is 1. The third-order valence-electron chi connectivity index (χ3n) is 4.74. The number of hydrogen-bond acceptors (Lipinski definition) is 5. The smallest absolute Gasteiger partial charge is 0.277 e. The van der Waals surface area contributed by atoms with Crippen LogP contribution in [0.15, 0.2) is 54.9 Å². The van der Waals surface area contributed by atoms with Gasteiger partial charge in [0.25, 0.3) is 5.91 Å². The van der Waals surface area contributed by atoms with Crippen molar-refractivity contribution in [2.45, 2.75) is 19.4 Å². The van der Waals surface area contributed by atoms with Gasteiger partial charge >= 0.3 is 0 Å². The Morgan fingerprint density at radius 3 is 2.82 bits per heavy atom. The molecule has 0 bridgehead atoms. The van der Waals surface area contributed by atoms with E-state index in [1.54, 1.807) is 30.2 Å². The van der Waals surface area contributed by atoms with E-state index in [1.807, 2.05) is 31.2 Å². The van der Waals surface area contributed by atoms with Gasteiger partial charge in [-0.2, -0.15) is 0 Å². The van der Waals surface area contributed by atoms with Crippen molar-refractivity contribution in [2.24, 2.45) is 0 Å². The average Bonchev–Trinajstić information content (AvgIpc) is 3.03. The van der Waals surface area contributed by atoms with E-state index >= 15 is 0 Å². The van der Waals surface area contributed by atoms with E-state index in [2.05, 4.69) is 21.4 Å². The molecule has 3 aromatic rings. The molecule has 1 aliphatic rings. The number of rotatable bonds is 4. The first kappa shape index (κ1) is 18.3. The Labute approximate surface area is 168 Å². The Morgan fingerprint density at radius 1 is 1.21 bits per heavy atom. The molecule has 0 saturated heterocycles. The normalized spacial score (nSPS) is 15.2. The number of hydrogen-bond donors (Lipinski definition) is 1. The van der Waals surface area contributed by atoms with Gasteiger partial charge in [0.15, 0.2) is 0 Å². The summed E-state index contributed by atoms with van der Waals surface area (Å²) in [5.41, 5.74) is 3.18. The molecule has 7 heteroatoms. The van der Waals surface area contributed by atoms with Gasteiger partial charge in [0, 0.05) is 23.5 Å². The molecular weight excluding hydrogens is 376 g/mol. The summed E-state index contributed by atoms with van der Waals surface area (Å²) in [5, 5.41) is 3.64. The maximum Gasteiger partial charge on any atom is 0.277 e. The van der Waals surface area contributed by atoms with Crippen molar-refractivity contribution in [1.82, 2.24) is 9.97 Å². The SMILES string of the molecule is COc1ccc(Nc2cc(C(=O)N3c4ccccc4CC3C)ncn2)cc1Cl. The lowest BCUT2D eigenvalue weighted by molar-refractivity contribution is 0.0976. The zero-order valence-electron chi connectivity index (χ0n) is 15.5. The van der Waals surface area contributed by atoms with Gasteiger partial charge in [-0.3, -0.25) is 4.79 Å². The van der Waals surface area contributed by atoms with Gasteiger partial charge < -0.3 is 15.0 Å². The summed E-state index contributed by atoms with van der Waals surface area (Å²) in [4.78, 5) is 23.3. The molecule has 0 aliphatic carbocycles. The molecule has 1 atom stereocenters. The Hall–Kier alpha value is -3.12. The number of fused-ring (bicyclic) bond motifs is 1. The molecule has 1 N–H and O–H groups in total. The Bertz CT molecular complexity index is 1040. The van der Waals surface area contributed by atoms with Crippen LogP contribution in [0.3, 0.4) is 0 Å². The van der Waals surface area contributed by atoms with Crippen molar-refractivity contribution in [1.29, 1.82) is 0 Å². The van der Waals surface area contributed by atoms with Crippen molar-refractivity contribution < 1.29 is 9.53 Å². The molecular formula is C21H19ClN4O2. The molecule has 0 spiro atoms. The van der Waals surface area contributed by atoms with E-state index in [4.69, 9.17) is 16.3 Å². The summed E-state index contributed by atoms with van der Waals surface area (Å²) in [7, 11) is 1.56. The number of nitrogens with zero attached hydrogens (tertiary/aromatic N) is 3. The number of halogens is 1. The first-order chi connectivity index (χ1) is 13.6. The lowest BCUT2D eigenvalue weighted by Crippen LogP contribution is -2.36. The minimum atomic E-state index is -0.143. The third kappa shape index (κ3) is 3.39. The molecule has 0 radical (unpaired) electrons. The van der Waals surface area contributed by atoms with Crippen LogP contribution in [0, 0.1) is 0 Å². The first-order valence-electron chi connectivity index (χ1n) is 8.91. The number of aromatic nitrogens is 2. The summed E-state index contributed by atoms with van der Waals surface area (Å²) in [6, 6.07) is 15.0. The Kier molecular flexibility index (Phi) is 4.88. The molecule has 1 aliphatic heterocycles. The molecule has 142 valence electrons. The van der Waals surface area contributed by atoms with Crippen molar-refractivity contribution in [2.75, 3.05) is 17.3 Å². The molecule has 1 aromatic heterocycles. The van der Waals surface area contributed by atoms with Gasteiger partial charge in [-0.15, -0.1) is 0 Å². The van der Waals surface area contributed by atoms with Gasteiger partial charge in [-0.25, -0.2) is 9.97 Å². The van der Waals surface area contributed by atoms with Crippen LogP contribution in [-0.4, -0.2) is 29.0 Å². The highest BCUT2D eigenvalue weighted by Gasteiger charge is 2.32. The summed E-state index contributed by atoms with van der Waals surface area (Å²) >= 11 is 6.17. The number of carbonyl (C=O) groups is 1. The highest BCUT2D eigenvalue weighted by Crippen LogP contribution is 2.33. The molecule has 0 fully saturated rings. The summed E-state index contributed by atoms with van der Waals surface area (Å²) < 4.78 is 5.16. The lowest BCUT2D eigenvalue weighted by Gasteiger charge is -2.22. The van der Waals surface area contributed by atoms with E-state index in [1.165, 1.54) is 11.9 Å². The first-order valence-corrected chi connectivity index (χ1v) is 9.28.